The molecule has 0 aromatic carbocycles. The lowest BCUT2D eigenvalue weighted by Crippen LogP contribution is -2.33. The maximum atomic E-state index is 4.91. The van der Waals surface area contributed by atoms with Crippen molar-refractivity contribution in [3.63, 3.8) is 0 Å². The minimum absolute atomic E-state index is 0.346. The second-order valence-corrected chi connectivity index (χ2v) is 6.51. The van der Waals surface area contributed by atoms with Crippen LogP contribution in [0.2, 0.25) is 0 Å². The molecule has 1 saturated heterocycles. The maximum Gasteiger partial charge on any atom is 0.178 e. The summed E-state index contributed by atoms with van der Waals surface area (Å²) in [5.74, 6) is 2.03. The molecule has 4 aromatic heterocycles. The molecule has 5 rings (SSSR count). The molecule has 0 bridgehead atoms. The zero-order chi connectivity index (χ0) is 17.3. The minimum Gasteiger partial charge on any atom is -0.364 e. The highest BCUT2D eigenvalue weighted by Crippen LogP contribution is 2.27. The number of aromatic nitrogens is 7. The van der Waals surface area contributed by atoms with E-state index in [4.69, 9.17) is 4.52 Å². The molecule has 9 nitrogen and oxygen atoms in total. The summed E-state index contributed by atoms with van der Waals surface area (Å²) in [5.41, 5.74) is 1.74. The predicted octanol–water partition coefficient (Wildman–Crippen LogP) is 1.68. The van der Waals surface area contributed by atoms with Crippen LogP contribution in [0.25, 0.3) is 11.5 Å². The summed E-state index contributed by atoms with van der Waals surface area (Å²) in [4.78, 5) is 2.39. The Morgan fingerprint density at radius 1 is 1.12 bits per heavy atom. The van der Waals surface area contributed by atoms with Gasteiger partial charge in [-0.25, -0.2) is 4.68 Å². The molecule has 0 amide bonds. The van der Waals surface area contributed by atoms with E-state index in [2.05, 4.69) is 30.5 Å². The summed E-state index contributed by atoms with van der Waals surface area (Å²) in [6.45, 7) is 2.81. The summed E-state index contributed by atoms with van der Waals surface area (Å²) in [6.07, 6.45) is 7.27. The SMILES string of the molecule is c1cnn(-c2ccc3nnc(C4CCN(Cc5ccon5)CC4)n3n2)c1. The maximum absolute atomic E-state index is 4.91. The third-order valence-corrected chi connectivity index (χ3v) is 4.84. The summed E-state index contributed by atoms with van der Waals surface area (Å²) in [6, 6.07) is 7.63. The Bertz CT molecular complexity index is 983. The lowest BCUT2D eigenvalue weighted by Gasteiger charge is -2.30. The van der Waals surface area contributed by atoms with Gasteiger partial charge in [0.05, 0.1) is 5.69 Å². The Hall–Kier alpha value is -3.07. The van der Waals surface area contributed by atoms with Crippen molar-refractivity contribution in [2.24, 2.45) is 0 Å². The molecule has 0 aliphatic carbocycles. The van der Waals surface area contributed by atoms with Crippen molar-refractivity contribution < 1.29 is 4.52 Å². The Labute approximate surface area is 149 Å². The Kier molecular flexibility index (Phi) is 3.71. The van der Waals surface area contributed by atoms with Crippen LogP contribution in [0.4, 0.5) is 0 Å². The highest BCUT2D eigenvalue weighted by Gasteiger charge is 2.25. The van der Waals surface area contributed by atoms with Crippen LogP contribution in [0.3, 0.4) is 0 Å². The number of rotatable bonds is 4. The van der Waals surface area contributed by atoms with Crippen molar-refractivity contribution in [3.05, 3.63) is 54.4 Å². The van der Waals surface area contributed by atoms with Gasteiger partial charge in [0.1, 0.15) is 6.26 Å². The van der Waals surface area contributed by atoms with Crippen LogP contribution in [0.5, 0.6) is 0 Å². The second-order valence-electron chi connectivity index (χ2n) is 6.51. The van der Waals surface area contributed by atoms with E-state index in [-0.39, 0.29) is 0 Å². The molecule has 1 fully saturated rings. The molecule has 0 N–H and O–H groups in total. The molecule has 0 radical (unpaired) electrons. The van der Waals surface area contributed by atoms with Crippen molar-refractivity contribution in [1.29, 1.82) is 0 Å². The molecule has 0 atom stereocenters. The lowest BCUT2D eigenvalue weighted by molar-refractivity contribution is 0.196. The average molecular weight is 350 g/mol. The highest BCUT2D eigenvalue weighted by atomic mass is 16.5. The van der Waals surface area contributed by atoms with Crippen molar-refractivity contribution in [1.82, 2.24) is 39.6 Å². The number of piperidine rings is 1. The van der Waals surface area contributed by atoms with Gasteiger partial charge in [-0.15, -0.1) is 15.3 Å². The van der Waals surface area contributed by atoms with Gasteiger partial charge in [0.15, 0.2) is 17.3 Å². The molecular weight excluding hydrogens is 332 g/mol. The number of hydrogen-bond acceptors (Lipinski definition) is 7. The summed E-state index contributed by atoms with van der Waals surface area (Å²) < 4.78 is 8.51. The van der Waals surface area contributed by atoms with Crippen LogP contribution in [0.15, 0.2) is 47.4 Å². The van der Waals surface area contributed by atoms with Gasteiger partial charge in [-0.3, -0.25) is 4.90 Å². The molecule has 0 saturated carbocycles. The van der Waals surface area contributed by atoms with Gasteiger partial charge in [-0.2, -0.15) is 9.61 Å². The largest absolute Gasteiger partial charge is 0.364 e. The van der Waals surface area contributed by atoms with Gasteiger partial charge >= 0.3 is 0 Å². The van der Waals surface area contributed by atoms with E-state index in [0.717, 1.165) is 55.5 Å². The van der Waals surface area contributed by atoms with E-state index in [1.807, 2.05) is 35.0 Å². The van der Waals surface area contributed by atoms with Gasteiger partial charge in [-0.1, -0.05) is 5.16 Å². The van der Waals surface area contributed by atoms with Crippen LogP contribution in [0, 0.1) is 0 Å². The molecule has 1 aliphatic rings. The van der Waals surface area contributed by atoms with E-state index in [1.54, 1.807) is 17.1 Å². The number of hydrogen-bond donors (Lipinski definition) is 0. The van der Waals surface area contributed by atoms with Gasteiger partial charge in [-0.05, 0) is 44.1 Å². The first kappa shape index (κ1) is 15.2. The predicted molar refractivity (Wildman–Crippen MR) is 91.7 cm³/mol. The first-order chi connectivity index (χ1) is 12.9. The fraction of sp³-hybridized carbons (Fsp3) is 0.353. The highest BCUT2D eigenvalue weighted by molar-refractivity contribution is 5.39. The standard InChI is InChI=1S/C17H18N8O/c1-7-18-24(8-1)16-3-2-15-19-20-17(25(15)21-16)13-4-9-23(10-5-13)12-14-6-11-26-22-14/h1-3,6-8,11,13H,4-5,9-10,12H2. The summed E-state index contributed by atoms with van der Waals surface area (Å²) in [7, 11) is 0. The first-order valence-electron chi connectivity index (χ1n) is 8.71. The number of likely N-dealkylation sites (tertiary alicyclic amines) is 1. The van der Waals surface area contributed by atoms with E-state index in [9.17, 15) is 0 Å². The third kappa shape index (κ3) is 2.76. The molecule has 0 unspecified atom stereocenters. The van der Waals surface area contributed by atoms with E-state index < -0.39 is 0 Å². The van der Waals surface area contributed by atoms with Gasteiger partial charge in [0, 0.05) is 30.9 Å². The van der Waals surface area contributed by atoms with Gasteiger partial charge in [0.2, 0.25) is 0 Å². The molecule has 0 spiro atoms. The van der Waals surface area contributed by atoms with Crippen molar-refractivity contribution in [3.8, 4) is 5.82 Å². The van der Waals surface area contributed by atoms with Crippen LogP contribution in [-0.2, 0) is 6.54 Å². The van der Waals surface area contributed by atoms with Crippen LogP contribution in [0.1, 0.15) is 30.3 Å². The Balaban J connectivity index is 1.35. The Morgan fingerprint density at radius 3 is 2.81 bits per heavy atom. The monoisotopic (exact) mass is 350 g/mol. The van der Waals surface area contributed by atoms with Crippen molar-refractivity contribution in [2.45, 2.75) is 25.3 Å². The summed E-state index contributed by atoms with van der Waals surface area (Å²) in [5, 5.41) is 21.6. The zero-order valence-corrected chi connectivity index (χ0v) is 14.1. The van der Waals surface area contributed by atoms with E-state index in [1.165, 1.54) is 0 Å². The second kappa shape index (κ2) is 6.34. The summed E-state index contributed by atoms with van der Waals surface area (Å²) >= 11 is 0. The van der Waals surface area contributed by atoms with E-state index >= 15 is 0 Å². The van der Waals surface area contributed by atoms with Crippen LogP contribution < -0.4 is 0 Å². The van der Waals surface area contributed by atoms with Crippen molar-refractivity contribution >= 4 is 5.65 Å². The van der Waals surface area contributed by atoms with Gasteiger partial charge in [0.25, 0.3) is 0 Å². The molecular formula is C17H18N8O. The van der Waals surface area contributed by atoms with Crippen LogP contribution >= 0.6 is 0 Å². The average Bonchev–Trinajstić information content (AvgIpc) is 3.43. The molecule has 1 aliphatic heterocycles. The molecule has 26 heavy (non-hydrogen) atoms. The quantitative estimate of drug-likeness (QED) is 0.553. The number of fused-ring (bicyclic) bond motifs is 1. The number of nitrogens with zero attached hydrogens (tertiary/aromatic N) is 8. The first-order valence-corrected chi connectivity index (χ1v) is 8.71. The normalized spacial score (nSPS) is 16.5. The minimum atomic E-state index is 0.346. The fourth-order valence-corrected chi connectivity index (χ4v) is 3.47. The topological polar surface area (TPSA) is 90.2 Å². The third-order valence-electron chi connectivity index (χ3n) is 4.84. The Morgan fingerprint density at radius 2 is 2.04 bits per heavy atom. The molecule has 5 heterocycles. The van der Waals surface area contributed by atoms with Gasteiger partial charge < -0.3 is 4.52 Å². The fourth-order valence-electron chi connectivity index (χ4n) is 3.47. The molecule has 4 aromatic rings. The lowest BCUT2D eigenvalue weighted by atomic mass is 9.96. The smallest absolute Gasteiger partial charge is 0.178 e. The molecule has 132 valence electrons. The van der Waals surface area contributed by atoms with Crippen LogP contribution in [-0.4, -0.2) is 52.7 Å². The molecule has 9 heteroatoms. The van der Waals surface area contributed by atoms with Crippen molar-refractivity contribution in [2.75, 3.05) is 13.1 Å². The zero-order valence-electron chi connectivity index (χ0n) is 14.1. The van der Waals surface area contributed by atoms with E-state index in [0.29, 0.717) is 5.92 Å².